The molecule has 0 atom stereocenters. The number of hydrogen-bond acceptors (Lipinski definition) is 4. The third-order valence-corrected chi connectivity index (χ3v) is 3.58. The van der Waals surface area contributed by atoms with Crippen LogP contribution in [0.4, 0.5) is 0 Å². The van der Waals surface area contributed by atoms with E-state index in [1.165, 1.54) is 21.7 Å². The Morgan fingerprint density at radius 2 is 1.92 bits per heavy atom. The minimum atomic E-state index is -0.270. The molecule has 0 aliphatic heterocycles. The molecule has 1 amide bonds. The quantitative estimate of drug-likeness (QED) is 0.721. The zero-order chi connectivity index (χ0) is 16.9. The minimum Gasteiger partial charge on any atom is -0.467 e. The van der Waals surface area contributed by atoms with E-state index in [0.717, 1.165) is 5.56 Å². The van der Waals surface area contributed by atoms with Gasteiger partial charge in [0.2, 0.25) is 0 Å². The van der Waals surface area contributed by atoms with Gasteiger partial charge in [0.15, 0.2) is 0 Å². The number of benzene rings is 1. The molecule has 6 nitrogen and oxygen atoms in total. The molecule has 0 aliphatic carbocycles. The van der Waals surface area contributed by atoms with Crippen LogP contribution >= 0.6 is 0 Å². The van der Waals surface area contributed by atoms with Crippen LogP contribution in [-0.2, 0) is 13.1 Å². The summed E-state index contributed by atoms with van der Waals surface area (Å²) < 4.78 is 6.54. The van der Waals surface area contributed by atoms with Crippen molar-refractivity contribution in [2.45, 2.75) is 13.1 Å². The maximum Gasteiger partial charge on any atom is 0.274 e. The first kappa shape index (κ1) is 15.7. The molecule has 1 aromatic carbocycles. The molecule has 24 heavy (non-hydrogen) atoms. The van der Waals surface area contributed by atoms with Gasteiger partial charge in [0.25, 0.3) is 11.5 Å². The number of nitrogens with zero attached hydrogens (tertiary/aromatic N) is 3. The molecule has 0 N–H and O–H groups in total. The standard InChI is InChI=1S/C18H17N3O3/c1-20(13-15-8-5-11-24-15)18(23)16-9-10-17(22)21(19-16)12-14-6-3-2-4-7-14/h2-11H,12-13H2,1H3. The second kappa shape index (κ2) is 6.95. The van der Waals surface area contributed by atoms with Crippen molar-refractivity contribution in [3.05, 3.63) is 88.2 Å². The number of aromatic nitrogens is 2. The van der Waals surface area contributed by atoms with Gasteiger partial charge in [-0.2, -0.15) is 5.10 Å². The lowest BCUT2D eigenvalue weighted by atomic mass is 10.2. The Morgan fingerprint density at radius 1 is 1.12 bits per heavy atom. The van der Waals surface area contributed by atoms with Crippen molar-refractivity contribution in [3.8, 4) is 0 Å². The Hall–Kier alpha value is -3.15. The van der Waals surface area contributed by atoms with Gasteiger partial charge in [0, 0.05) is 13.1 Å². The number of amides is 1. The van der Waals surface area contributed by atoms with Gasteiger partial charge < -0.3 is 9.32 Å². The zero-order valence-electron chi connectivity index (χ0n) is 13.3. The molecule has 0 saturated heterocycles. The van der Waals surface area contributed by atoms with Gasteiger partial charge in [-0.25, -0.2) is 4.68 Å². The highest BCUT2D eigenvalue weighted by Crippen LogP contribution is 2.07. The molecule has 0 saturated carbocycles. The van der Waals surface area contributed by atoms with E-state index in [-0.39, 0.29) is 17.2 Å². The van der Waals surface area contributed by atoms with Gasteiger partial charge in [-0.3, -0.25) is 9.59 Å². The van der Waals surface area contributed by atoms with Gasteiger partial charge in [-0.1, -0.05) is 30.3 Å². The van der Waals surface area contributed by atoms with E-state index in [2.05, 4.69) is 5.10 Å². The highest BCUT2D eigenvalue weighted by atomic mass is 16.3. The monoisotopic (exact) mass is 323 g/mol. The Labute approximate surface area is 139 Å². The van der Waals surface area contributed by atoms with Crippen molar-refractivity contribution in [2.75, 3.05) is 7.05 Å². The molecular weight excluding hydrogens is 306 g/mol. The molecule has 6 heteroatoms. The highest BCUT2D eigenvalue weighted by Gasteiger charge is 2.16. The normalized spacial score (nSPS) is 10.5. The van der Waals surface area contributed by atoms with Crippen LogP contribution < -0.4 is 5.56 Å². The van der Waals surface area contributed by atoms with Gasteiger partial charge in [0.05, 0.1) is 19.4 Å². The third-order valence-electron chi connectivity index (χ3n) is 3.58. The van der Waals surface area contributed by atoms with Crippen LogP contribution in [-0.4, -0.2) is 27.6 Å². The maximum atomic E-state index is 12.5. The van der Waals surface area contributed by atoms with Crippen LogP contribution in [0, 0.1) is 0 Å². The fourth-order valence-electron chi connectivity index (χ4n) is 2.34. The first-order valence-corrected chi connectivity index (χ1v) is 7.53. The zero-order valence-corrected chi connectivity index (χ0v) is 13.3. The van der Waals surface area contributed by atoms with E-state index in [0.29, 0.717) is 18.8 Å². The molecule has 0 aliphatic rings. The molecule has 3 rings (SSSR count). The summed E-state index contributed by atoms with van der Waals surface area (Å²) in [4.78, 5) is 26.0. The van der Waals surface area contributed by atoms with Crippen LogP contribution in [0.5, 0.6) is 0 Å². The van der Waals surface area contributed by atoms with Crippen LogP contribution in [0.3, 0.4) is 0 Å². The molecule has 0 spiro atoms. The Morgan fingerprint density at radius 3 is 2.62 bits per heavy atom. The third kappa shape index (κ3) is 3.60. The smallest absolute Gasteiger partial charge is 0.274 e. The van der Waals surface area contributed by atoms with Gasteiger partial charge in [-0.05, 0) is 23.8 Å². The van der Waals surface area contributed by atoms with Crippen molar-refractivity contribution < 1.29 is 9.21 Å². The summed E-state index contributed by atoms with van der Waals surface area (Å²) in [7, 11) is 1.67. The number of furan rings is 1. The molecule has 0 radical (unpaired) electrons. The lowest BCUT2D eigenvalue weighted by Gasteiger charge is -2.15. The maximum absolute atomic E-state index is 12.5. The van der Waals surface area contributed by atoms with Crippen molar-refractivity contribution in [1.29, 1.82) is 0 Å². The van der Waals surface area contributed by atoms with Crippen LogP contribution in [0.2, 0.25) is 0 Å². The predicted molar refractivity (Wildman–Crippen MR) is 88.5 cm³/mol. The summed E-state index contributed by atoms with van der Waals surface area (Å²) >= 11 is 0. The van der Waals surface area contributed by atoms with Crippen molar-refractivity contribution in [1.82, 2.24) is 14.7 Å². The van der Waals surface area contributed by atoms with Crippen LogP contribution in [0.1, 0.15) is 21.8 Å². The van der Waals surface area contributed by atoms with E-state index in [4.69, 9.17) is 4.42 Å². The molecule has 122 valence electrons. The Bertz CT molecular complexity index is 870. The molecule has 2 heterocycles. The molecule has 0 bridgehead atoms. The van der Waals surface area contributed by atoms with E-state index in [9.17, 15) is 9.59 Å². The summed E-state index contributed by atoms with van der Waals surface area (Å²) in [6.07, 6.45) is 1.56. The summed E-state index contributed by atoms with van der Waals surface area (Å²) in [5, 5.41) is 4.20. The number of carbonyl (C=O) groups excluding carboxylic acids is 1. The molecule has 3 aromatic rings. The lowest BCUT2D eigenvalue weighted by Crippen LogP contribution is -2.31. The van der Waals surface area contributed by atoms with Crippen LogP contribution in [0.25, 0.3) is 0 Å². The average Bonchev–Trinajstić information content (AvgIpc) is 3.10. The van der Waals surface area contributed by atoms with Crippen molar-refractivity contribution in [2.24, 2.45) is 0 Å². The average molecular weight is 323 g/mol. The molecule has 2 aromatic heterocycles. The molecule has 0 fully saturated rings. The minimum absolute atomic E-state index is 0.222. The summed E-state index contributed by atoms with van der Waals surface area (Å²) in [5.74, 6) is 0.414. The first-order chi connectivity index (χ1) is 11.6. The van der Waals surface area contributed by atoms with E-state index < -0.39 is 0 Å². The van der Waals surface area contributed by atoms with Gasteiger partial charge >= 0.3 is 0 Å². The van der Waals surface area contributed by atoms with E-state index in [1.807, 2.05) is 30.3 Å². The number of carbonyl (C=O) groups is 1. The summed E-state index contributed by atoms with van der Waals surface area (Å²) in [6, 6.07) is 15.9. The van der Waals surface area contributed by atoms with Gasteiger partial charge in [-0.15, -0.1) is 0 Å². The Balaban J connectivity index is 1.79. The SMILES string of the molecule is CN(Cc1ccco1)C(=O)c1ccc(=O)n(Cc2ccccc2)n1. The lowest BCUT2D eigenvalue weighted by molar-refractivity contribution is 0.0767. The van der Waals surface area contributed by atoms with Crippen molar-refractivity contribution in [3.63, 3.8) is 0 Å². The first-order valence-electron chi connectivity index (χ1n) is 7.53. The largest absolute Gasteiger partial charge is 0.467 e. The highest BCUT2D eigenvalue weighted by molar-refractivity contribution is 5.91. The summed E-state index contributed by atoms with van der Waals surface area (Å²) in [5.41, 5.74) is 0.921. The second-order valence-electron chi connectivity index (χ2n) is 5.44. The van der Waals surface area contributed by atoms with Crippen molar-refractivity contribution >= 4 is 5.91 Å². The topological polar surface area (TPSA) is 68.3 Å². The predicted octanol–water partition coefficient (Wildman–Crippen LogP) is 2.16. The number of rotatable bonds is 5. The fourth-order valence-corrected chi connectivity index (χ4v) is 2.34. The molecular formula is C18H17N3O3. The fraction of sp³-hybridized carbons (Fsp3) is 0.167. The van der Waals surface area contributed by atoms with Gasteiger partial charge in [0.1, 0.15) is 11.5 Å². The van der Waals surface area contributed by atoms with Crippen LogP contribution in [0.15, 0.2) is 70.1 Å². The Kier molecular flexibility index (Phi) is 4.56. The van der Waals surface area contributed by atoms with E-state index in [1.54, 1.807) is 25.4 Å². The molecule has 0 unspecified atom stereocenters. The number of hydrogen-bond donors (Lipinski definition) is 0. The summed E-state index contributed by atoms with van der Waals surface area (Å²) in [6.45, 7) is 0.661. The van der Waals surface area contributed by atoms with E-state index >= 15 is 0 Å². The second-order valence-corrected chi connectivity index (χ2v) is 5.44.